The normalized spacial score (nSPS) is 22.8. The molecule has 2 N–H and O–H groups in total. The van der Waals surface area contributed by atoms with Gasteiger partial charge in [0.1, 0.15) is 0 Å². The molecule has 0 spiro atoms. The van der Waals surface area contributed by atoms with Crippen LogP contribution in [0.5, 0.6) is 0 Å². The molecular formula is C9H18N2O2S. The van der Waals surface area contributed by atoms with Gasteiger partial charge in [0.25, 0.3) is 0 Å². The minimum absolute atomic E-state index is 0.113. The zero-order chi connectivity index (χ0) is 10.2. The highest BCUT2D eigenvalue weighted by Gasteiger charge is 2.12. The highest BCUT2D eigenvalue weighted by molar-refractivity contribution is 7.99. The number of hydrogen-bond acceptors (Lipinski definition) is 4. The maximum atomic E-state index is 11.2. The lowest BCUT2D eigenvalue weighted by atomic mass is 10.1. The molecule has 4 nitrogen and oxygen atoms in total. The van der Waals surface area contributed by atoms with Gasteiger partial charge in [-0.3, -0.25) is 4.79 Å². The third-order valence-electron chi connectivity index (χ3n) is 2.07. The number of carbonyl (C=O) groups is 1. The molecule has 0 aliphatic carbocycles. The first-order chi connectivity index (χ1) is 6.83. The number of thioether (sulfide) groups is 1. The Kier molecular flexibility index (Phi) is 5.98. The number of hydrogen-bond donors (Lipinski definition) is 2. The zero-order valence-corrected chi connectivity index (χ0v) is 9.36. The minimum Gasteiger partial charge on any atom is -0.380 e. The fourth-order valence-electron chi connectivity index (χ4n) is 1.33. The van der Waals surface area contributed by atoms with Gasteiger partial charge < -0.3 is 15.4 Å². The Labute approximate surface area is 89.2 Å². The second-order valence-corrected chi connectivity index (χ2v) is 4.25. The number of nitrogens with one attached hydrogen (secondary N) is 2. The van der Waals surface area contributed by atoms with Gasteiger partial charge in [-0.1, -0.05) is 0 Å². The molecule has 0 saturated carbocycles. The summed E-state index contributed by atoms with van der Waals surface area (Å²) in [7, 11) is 0. The van der Waals surface area contributed by atoms with Gasteiger partial charge in [0.15, 0.2) is 0 Å². The Morgan fingerprint density at radius 1 is 1.71 bits per heavy atom. The van der Waals surface area contributed by atoms with E-state index in [0.29, 0.717) is 18.2 Å². The van der Waals surface area contributed by atoms with E-state index in [9.17, 15) is 4.79 Å². The molecular weight excluding hydrogens is 200 g/mol. The maximum Gasteiger partial charge on any atom is 0.229 e. The first kappa shape index (κ1) is 11.8. The van der Waals surface area contributed by atoms with Crippen LogP contribution < -0.4 is 10.6 Å². The molecule has 82 valence electrons. The molecule has 1 saturated heterocycles. The summed E-state index contributed by atoms with van der Waals surface area (Å²) in [5.41, 5.74) is 0. The van der Waals surface area contributed by atoms with E-state index in [4.69, 9.17) is 4.74 Å². The van der Waals surface area contributed by atoms with E-state index >= 15 is 0 Å². The van der Waals surface area contributed by atoms with E-state index in [1.54, 1.807) is 11.8 Å². The smallest absolute Gasteiger partial charge is 0.229 e. The second kappa shape index (κ2) is 7.09. The number of amides is 1. The molecule has 1 amide bonds. The SMILES string of the molecule is CSCC(=O)NCC1CNCCOC1. The first-order valence-corrected chi connectivity index (χ1v) is 6.26. The lowest BCUT2D eigenvalue weighted by molar-refractivity contribution is -0.118. The van der Waals surface area contributed by atoms with Gasteiger partial charge in [-0.25, -0.2) is 0 Å². The molecule has 1 fully saturated rings. The molecule has 0 aromatic rings. The quantitative estimate of drug-likeness (QED) is 0.680. The summed E-state index contributed by atoms with van der Waals surface area (Å²) < 4.78 is 5.38. The number of rotatable bonds is 4. The van der Waals surface area contributed by atoms with Gasteiger partial charge >= 0.3 is 0 Å². The van der Waals surface area contributed by atoms with Crippen LogP contribution in [0, 0.1) is 5.92 Å². The Bertz CT molecular complexity index is 170. The van der Waals surface area contributed by atoms with Crippen molar-refractivity contribution in [2.24, 2.45) is 5.92 Å². The van der Waals surface area contributed by atoms with Gasteiger partial charge in [-0.15, -0.1) is 0 Å². The standard InChI is InChI=1S/C9H18N2O2S/c1-14-7-9(12)11-5-8-4-10-2-3-13-6-8/h8,10H,2-7H2,1H3,(H,11,12). The molecule has 0 bridgehead atoms. The number of carbonyl (C=O) groups excluding carboxylic acids is 1. The maximum absolute atomic E-state index is 11.2. The number of ether oxygens (including phenoxy) is 1. The van der Waals surface area contributed by atoms with E-state index in [1.807, 2.05) is 6.26 Å². The Hall–Kier alpha value is -0.260. The van der Waals surface area contributed by atoms with Gasteiger partial charge in [-0.05, 0) is 6.26 Å². The molecule has 1 atom stereocenters. The summed E-state index contributed by atoms with van der Waals surface area (Å²) in [6.07, 6.45) is 1.93. The summed E-state index contributed by atoms with van der Waals surface area (Å²) in [6.45, 7) is 4.07. The predicted molar refractivity (Wildman–Crippen MR) is 58.6 cm³/mol. The predicted octanol–water partition coefficient (Wildman–Crippen LogP) is -0.298. The minimum atomic E-state index is 0.113. The molecule has 0 aromatic heterocycles. The lowest BCUT2D eigenvalue weighted by Gasteiger charge is -2.14. The summed E-state index contributed by atoms with van der Waals surface area (Å²) in [4.78, 5) is 11.2. The van der Waals surface area contributed by atoms with Crippen molar-refractivity contribution in [1.82, 2.24) is 10.6 Å². The van der Waals surface area contributed by atoms with Crippen LogP contribution in [0.1, 0.15) is 0 Å². The van der Waals surface area contributed by atoms with Crippen LogP contribution in [0.4, 0.5) is 0 Å². The first-order valence-electron chi connectivity index (χ1n) is 4.87. The van der Waals surface area contributed by atoms with Crippen molar-refractivity contribution in [3.8, 4) is 0 Å². The van der Waals surface area contributed by atoms with Crippen LogP contribution in [0.25, 0.3) is 0 Å². The van der Waals surface area contributed by atoms with Crippen molar-refractivity contribution in [2.45, 2.75) is 0 Å². The van der Waals surface area contributed by atoms with E-state index in [0.717, 1.165) is 26.3 Å². The summed E-state index contributed by atoms with van der Waals surface area (Å²) >= 11 is 1.54. The Balaban J connectivity index is 2.12. The largest absolute Gasteiger partial charge is 0.380 e. The third-order valence-corrected chi connectivity index (χ3v) is 2.62. The van der Waals surface area contributed by atoms with Gasteiger partial charge in [-0.2, -0.15) is 11.8 Å². The van der Waals surface area contributed by atoms with Crippen molar-refractivity contribution >= 4 is 17.7 Å². The van der Waals surface area contributed by atoms with Gasteiger partial charge in [0, 0.05) is 25.6 Å². The van der Waals surface area contributed by atoms with Crippen LogP contribution in [-0.4, -0.2) is 50.8 Å². The fraction of sp³-hybridized carbons (Fsp3) is 0.889. The molecule has 0 aromatic carbocycles. The molecule has 0 radical (unpaired) electrons. The van der Waals surface area contributed by atoms with Crippen LogP contribution in [0.2, 0.25) is 0 Å². The van der Waals surface area contributed by atoms with E-state index in [2.05, 4.69) is 10.6 Å². The van der Waals surface area contributed by atoms with Crippen LogP contribution in [0.3, 0.4) is 0 Å². The van der Waals surface area contributed by atoms with Crippen LogP contribution >= 0.6 is 11.8 Å². The fourth-order valence-corrected chi connectivity index (χ4v) is 1.70. The average Bonchev–Trinajstić information content (AvgIpc) is 2.43. The molecule has 5 heteroatoms. The molecule has 1 aliphatic rings. The average molecular weight is 218 g/mol. The molecule has 14 heavy (non-hydrogen) atoms. The van der Waals surface area contributed by atoms with E-state index < -0.39 is 0 Å². The summed E-state index contributed by atoms with van der Waals surface area (Å²) in [5.74, 6) is 1.06. The zero-order valence-electron chi connectivity index (χ0n) is 8.54. The monoisotopic (exact) mass is 218 g/mol. The van der Waals surface area contributed by atoms with Crippen molar-refractivity contribution in [3.63, 3.8) is 0 Å². The van der Waals surface area contributed by atoms with Crippen LogP contribution in [-0.2, 0) is 9.53 Å². The van der Waals surface area contributed by atoms with E-state index in [-0.39, 0.29) is 5.91 Å². The van der Waals surface area contributed by atoms with Gasteiger partial charge in [0.05, 0.1) is 19.0 Å². The Morgan fingerprint density at radius 2 is 2.57 bits per heavy atom. The van der Waals surface area contributed by atoms with Crippen molar-refractivity contribution in [1.29, 1.82) is 0 Å². The van der Waals surface area contributed by atoms with E-state index in [1.165, 1.54) is 0 Å². The topological polar surface area (TPSA) is 50.4 Å². The third kappa shape index (κ3) is 4.83. The molecule has 1 unspecified atom stereocenters. The summed E-state index contributed by atoms with van der Waals surface area (Å²) in [5, 5.41) is 6.17. The molecule has 1 heterocycles. The lowest BCUT2D eigenvalue weighted by Crippen LogP contribution is -2.35. The van der Waals surface area contributed by atoms with Crippen molar-refractivity contribution in [3.05, 3.63) is 0 Å². The van der Waals surface area contributed by atoms with Crippen molar-refractivity contribution in [2.75, 3.05) is 44.9 Å². The summed E-state index contributed by atoms with van der Waals surface area (Å²) in [6, 6.07) is 0. The van der Waals surface area contributed by atoms with Crippen LogP contribution in [0.15, 0.2) is 0 Å². The molecule has 1 aliphatic heterocycles. The Morgan fingerprint density at radius 3 is 3.36 bits per heavy atom. The molecule has 1 rings (SSSR count). The highest BCUT2D eigenvalue weighted by atomic mass is 32.2. The highest BCUT2D eigenvalue weighted by Crippen LogP contribution is 1.98. The van der Waals surface area contributed by atoms with Gasteiger partial charge in [0.2, 0.25) is 5.91 Å². The second-order valence-electron chi connectivity index (χ2n) is 3.38. The van der Waals surface area contributed by atoms with Crippen molar-refractivity contribution < 1.29 is 9.53 Å².